The van der Waals surface area contributed by atoms with Gasteiger partial charge in [-0.05, 0) is 24.3 Å². The fourth-order valence-electron chi connectivity index (χ4n) is 1.96. The summed E-state index contributed by atoms with van der Waals surface area (Å²) < 4.78 is 5.11. The van der Waals surface area contributed by atoms with Gasteiger partial charge in [0.1, 0.15) is 12.2 Å². The summed E-state index contributed by atoms with van der Waals surface area (Å²) in [6, 6.07) is 15.3. The van der Waals surface area contributed by atoms with Crippen molar-refractivity contribution < 1.29 is 14.3 Å². The van der Waals surface area contributed by atoms with Gasteiger partial charge in [-0.25, -0.2) is 0 Å². The molecule has 0 bridgehead atoms. The normalized spacial score (nSPS) is 9.57. The molecule has 0 aliphatic rings. The van der Waals surface area contributed by atoms with Crippen molar-refractivity contribution in [3.63, 3.8) is 0 Å². The van der Waals surface area contributed by atoms with Crippen LogP contribution in [0.3, 0.4) is 0 Å². The Morgan fingerprint density at radius 3 is 2.65 bits per heavy atom. The lowest BCUT2D eigenvalue weighted by molar-refractivity contribution is -0.115. The van der Waals surface area contributed by atoms with E-state index in [9.17, 15) is 9.59 Å². The van der Waals surface area contributed by atoms with Crippen LogP contribution in [0.2, 0.25) is 0 Å². The van der Waals surface area contributed by atoms with Crippen molar-refractivity contribution >= 4 is 23.2 Å². The lowest BCUT2D eigenvalue weighted by atomic mass is 10.1. The zero-order chi connectivity index (χ0) is 16.7. The Hall–Kier alpha value is -3.33. The fraction of sp³-hybridized carbons (Fsp3) is 0.118. The van der Waals surface area contributed by atoms with E-state index in [4.69, 9.17) is 10.00 Å². The molecular weight excluding hydrogens is 294 g/mol. The van der Waals surface area contributed by atoms with Crippen LogP contribution < -0.4 is 15.4 Å². The summed E-state index contributed by atoms with van der Waals surface area (Å²) in [7, 11) is 1.54. The molecule has 0 aliphatic heterocycles. The minimum atomic E-state index is -0.464. The lowest BCUT2D eigenvalue weighted by Crippen LogP contribution is -2.17. The van der Waals surface area contributed by atoms with Gasteiger partial charge < -0.3 is 15.4 Å². The molecule has 0 radical (unpaired) electrons. The van der Waals surface area contributed by atoms with Crippen molar-refractivity contribution in [3.8, 4) is 11.8 Å². The average molecular weight is 309 g/mol. The van der Waals surface area contributed by atoms with Crippen LogP contribution in [0.5, 0.6) is 5.75 Å². The second kappa shape index (κ2) is 7.61. The molecule has 2 rings (SSSR count). The fourth-order valence-corrected chi connectivity index (χ4v) is 1.96. The summed E-state index contributed by atoms with van der Waals surface area (Å²) in [5.41, 5.74) is 1.24. The number of methoxy groups -OCH3 is 1. The highest BCUT2D eigenvalue weighted by molar-refractivity contribution is 6.10. The van der Waals surface area contributed by atoms with Crippen LogP contribution in [0.15, 0.2) is 48.5 Å². The number of anilines is 2. The Kier molecular flexibility index (Phi) is 5.31. The number of hydrogen-bond acceptors (Lipinski definition) is 4. The Labute approximate surface area is 133 Å². The topological polar surface area (TPSA) is 91.2 Å². The van der Waals surface area contributed by atoms with E-state index in [0.717, 1.165) is 0 Å². The molecule has 0 fully saturated rings. The first kappa shape index (κ1) is 16.0. The highest BCUT2D eigenvalue weighted by atomic mass is 16.5. The maximum atomic E-state index is 12.4. The molecule has 0 aliphatic carbocycles. The van der Waals surface area contributed by atoms with Gasteiger partial charge in [0.2, 0.25) is 5.91 Å². The van der Waals surface area contributed by atoms with E-state index in [1.807, 2.05) is 0 Å². The Morgan fingerprint density at radius 1 is 1.13 bits per heavy atom. The van der Waals surface area contributed by atoms with Crippen LogP contribution in [0.4, 0.5) is 11.4 Å². The van der Waals surface area contributed by atoms with Crippen molar-refractivity contribution in [3.05, 3.63) is 54.1 Å². The summed E-state index contributed by atoms with van der Waals surface area (Å²) in [5, 5.41) is 13.8. The molecule has 2 aromatic rings. The molecule has 2 aromatic carbocycles. The monoisotopic (exact) mass is 309 g/mol. The smallest absolute Gasteiger partial charge is 0.257 e. The lowest BCUT2D eigenvalue weighted by Gasteiger charge is -2.11. The van der Waals surface area contributed by atoms with Gasteiger partial charge in [0.15, 0.2) is 0 Å². The summed E-state index contributed by atoms with van der Waals surface area (Å²) in [4.78, 5) is 24.0. The number of ether oxygens (including phenoxy) is 1. The van der Waals surface area contributed by atoms with Crippen molar-refractivity contribution in [2.75, 3.05) is 17.7 Å². The summed E-state index contributed by atoms with van der Waals surface area (Å²) in [6.45, 7) is 0. The van der Waals surface area contributed by atoms with E-state index < -0.39 is 5.91 Å². The van der Waals surface area contributed by atoms with E-state index in [2.05, 4.69) is 10.6 Å². The molecule has 2 N–H and O–H groups in total. The van der Waals surface area contributed by atoms with Gasteiger partial charge >= 0.3 is 0 Å². The van der Waals surface area contributed by atoms with E-state index >= 15 is 0 Å². The third-order valence-electron chi connectivity index (χ3n) is 3.01. The minimum absolute atomic E-state index is 0.272. The molecular formula is C17H15N3O3. The van der Waals surface area contributed by atoms with Gasteiger partial charge in [-0.1, -0.05) is 18.2 Å². The van der Waals surface area contributed by atoms with E-state index in [1.54, 1.807) is 61.7 Å². The molecule has 0 heterocycles. The zero-order valence-corrected chi connectivity index (χ0v) is 12.5. The molecule has 0 unspecified atom stereocenters. The average Bonchev–Trinajstić information content (AvgIpc) is 2.55. The van der Waals surface area contributed by atoms with Gasteiger partial charge in [-0.2, -0.15) is 5.26 Å². The largest absolute Gasteiger partial charge is 0.497 e. The highest BCUT2D eigenvalue weighted by Crippen LogP contribution is 2.20. The van der Waals surface area contributed by atoms with Crippen LogP contribution in [0.1, 0.15) is 16.8 Å². The molecule has 0 aromatic heterocycles. The second-order valence-electron chi connectivity index (χ2n) is 4.61. The number of nitrogens with zero attached hydrogens (tertiary/aromatic N) is 1. The molecule has 116 valence electrons. The molecule has 0 saturated carbocycles. The Morgan fingerprint density at radius 2 is 1.91 bits per heavy atom. The van der Waals surface area contributed by atoms with Gasteiger partial charge in [-0.15, -0.1) is 0 Å². The van der Waals surface area contributed by atoms with Crippen LogP contribution in [0.25, 0.3) is 0 Å². The second-order valence-corrected chi connectivity index (χ2v) is 4.61. The number of carbonyl (C=O) groups excluding carboxylic acids is 2. The Balaban J connectivity index is 2.19. The van der Waals surface area contributed by atoms with Gasteiger partial charge in [0, 0.05) is 11.8 Å². The van der Waals surface area contributed by atoms with Gasteiger partial charge in [-0.3, -0.25) is 9.59 Å². The number of benzene rings is 2. The summed E-state index contributed by atoms with van der Waals surface area (Å²) in [5.74, 6) is -0.210. The molecule has 0 saturated heterocycles. The number of rotatable bonds is 5. The highest BCUT2D eigenvalue weighted by Gasteiger charge is 2.13. The molecule has 2 amide bonds. The number of amides is 2. The first-order chi connectivity index (χ1) is 11.1. The number of para-hydroxylation sites is 1. The summed E-state index contributed by atoms with van der Waals surface area (Å²) in [6.07, 6.45) is -0.272. The number of nitriles is 1. The molecule has 0 atom stereocenters. The van der Waals surface area contributed by atoms with Crippen molar-refractivity contribution in [2.24, 2.45) is 0 Å². The molecule has 23 heavy (non-hydrogen) atoms. The number of carbonyl (C=O) groups is 2. The summed E-state index contributed by atoms with van der Waals surface area (Å²) >= 11 is 0. The minimum Gasteiger partial charge on any atom is -0.497 e. The third kappa shape index (κ3) is 4.32. The van der Waals surface area contributed by atoms with Gasteiger partial charge in [0.25, 0.3) is 5.91 Å². The Bertz CT molecular complexity index is 766. The standard InChI is InChI=1S/C17H15N3O3/c1-23-13-6-4-5-12(11-13)19-17(22)14-7-2-3-8-15(14)20-16(21)9-10-18/h2-8,11H,9H2,1H3,(H,19,22)(H,20,21). The SMILES string of the molecule is COc1cccc(NC(=O)c2ccccc2NC(=O)CC#N)c1. The quantitative estimate of drug-likeness (QED) is 0.888. The molecule has 6 heteroatoms. The van der Waals surface area contributed by atoms with Crippen molar-refractivity contribution in [1.82, 2.24) is 0 Å². The maximum Gasteiger partial charge on any atom is 0.257 e. The van der Waals surface area contributed by atoms with Crippen molar-refractivity contribution in [2.45, 2.75) is 6.42 Å². The van der Waals surface area contributed by atoms with E-state index in [1.165, 1.54) is 0 Å². The van der Waals surface area contributed by atoms with Crippen molar-refractivity contribution in [1.29, 1.82) is 5.26 Å². The van der Waals surface area contributed by atoms with Crippen LogP contribution >= 0.6 is 0 Å². The van der Waals surface area contributed by atoms with E-state index in [-0.39, 0.29) is 12.3 Å². The number of hydrogen-bond donors (Lipinski definition) is 2. The predicted octanol–water partition coefficient (Wildman–Crippen LogP) is 2.80. The van der Waals surface area contributed by atoms with Crippen LogP contribution in [0, 0.1) is 11.3 Å². The first-order valence-electron chi connectivity index (χ1n) is 6.85. The maximum absolute atomic E-state index is 12.4. The van der Waals surface area contributed by atoms with Crippen LogP contribution in [-0.2, 0) is 4.79 Å². The first-order valence-corrected chi connectivity index (χ1v) is 6.85. The number of nitrogens with one attached hydrogen (secondary N) is 2. The molecule has 0 spiro atoms. The predicted molar refractivity (Wildman–Crippen MR) is 86.2 cm³/mol. The molecule has 6 nitrogen and oxygen atoms in total. The van der Waals surface area contributed by atoms with Crippen LogP contribution in [-0.4, -0.2) is 18.9 Å². The van der Waals surface area contributed by atoms with E-state index in [0.29, 0.717) is 22.7 Å². The zero-order valence-electron chi connectivity index (χ0n) is 12.5. The van der Waals surface area contributed by atoms with Gasteiger partial charge in [0.05, 0.1) is 24.4 Å². The third-order valence-corrected chi connectivity index (χ3v) is 3.01.